The summed E-state index contributed by atoms with van der Waals surface area (Å²) >= 11 is 1.66. The number of nitrogens with two attached hydrogens (primary N) is 1. The van der Waals surface area contributed by atoms with Gasteiger partial charge in [0.1, 0.15) is 5.84 Å². The van der Waals surface area contributed by atoms with Crippen molar-refractivity contribution in [3.63, 3.8) is 0 Å². The van der Waals surface area contributed by atoms with Crippen LogP contribution in [0.5, 0.6) is 0 Å². The highest BCUT2D eigenvalue weighted by molar-refractivity contribution is 8.15. The Balaban J connectivity index is 2.18. The van der Waals surface area contributed by atoms with Crippen molar-refractivity contribution in [3.05, 3.63) is 0 Å². The lowest BCUT2D eigenvalue weighted by Gasteiger charge is -2.02. The van der Waals surface area contributed by atoms with Crippen molar-refractivity contribution in [1.29, 1.82) is 0 Å². The summed E-state index contributed by atoms with van der Waals surface area (Å²) in [5, 5.41) is 1.16. The first-order valence-corrected chi connectivity index (χ1v) is 4.79. The quantitative estimate of drug-likeness (QED) is 0.588. The first-order valence-electron chi connectivity index (χ1n) is 3.91. The average Bonchev–Trinajstić information content (AvgIpc) is 2.17. The minimum Gasteiger partial charge on any atom is -0.378 e. The topological polar surface area (TPSA) is 50.7 Å². The van der Waals surface area contributed by atoms with Gasteiger partial charge in [0.2, 0.25) is 0 Å². The Kier molecular flexibility index (Phi) is 1.85. The second-order valence-electron chi connectivity index (χ2n) is 2.79. The molecule has 60 valence electrons. The molecular weight excluding hydrogens is 158 g/mol. The molecule has 0 bridgehead atoms. The molecular formula is C7H11N3S. The summed E-state index contributed by atoms with van der Waals surface area (Å²) in [5.41, 5.74) is 5.58. The molecule has 0 radical (unpaired) electrons. The molecule has 0 spiro atoms. The summed E-state index contributed by atoms with van der Waals surface area (Å²) in [7, 11) is 0. The highest BCUT2D eigenvalue weighted by atomic mass is 32.2. The molecule has 2 heterocycles. The van der Waals surface area contributed by atoms with Crippen molar-refractivity contribution in [1.82, 2.24) is 0 Å². The van der Waals surface area contributed by atoms with Crippen LogP contribution in [-0.4, -0.2) is 22.8 Å². The monoisotopic (exact) mass is 169 g/mol. The van der Waals surface area contributed by atoms with E-state index in [0.29, 0.717) is 10.4 Å². The van der Waals surface area contributed by atoms with E-state index in [4.69, 9.17) is 5.73 Å². The van der Waals surface area contributed by atoms with Gasteiger partial charge in [-0.05, 0) is 12.8 Å². The Hall–Kier alpha value is -0.510. The van der Waals surface area contributed by atoms with Gasteiger partial charge in [-0.25, -0.2) is 4.99 Å². The van der Waals surface area contributed by atoms with Crippen LogP contribution >= 0.6 is 11.8 Å². The van der Waals surface area contributed by atoms with Gasteiger partial charge in [0, 0.05) is 6.54 Å². The van der Waals surface area contributed by atoms with Crippen molar-refractivity contribution < 1.29 is 0 Å². The molecule has 0 fully saturated rings. The Labute approximate surface area is 70.2 Å². The third-order valence-electron chi connectivity index (χ3n) is 1.92. The lowest BCUT2D eigenvalue weighted by Crippen LogP contribution is -2.09. The van der Waals surface area contributed by atoms with E-state index in [1.54, 1.807) is 11.8 Å². The van der Waals surface area contributed by atoms with Gasteiger partial charge in [0.05, 0.1) is 5.25 Å². The molecule has 1 unspecified atom stereocenters. The normalized spacial score (nSPS) is 30.4. The summed E-state index contributed by atoms with van der Waals surface area (Å²) in [6.07, 6.45) is 3.65. The summed E-state index contributed by atoms with van der Waals surface area (Å²) in [5.74, 6) is 0.977. The average molecular weight is 169 g/mol. The summed E-state index contributed by atoms with van der Waals surface area (Å²) in [6, 6.07) is 0. The van der Waals surface area contributed by atoms with Crippen LogP contribution in [0, 0.1) is 0 Å². The molecule has 2 N–H and O–H groups in total. The minimum absolute atomic E-state index is 0.470. The standard InChI is InChI=1S/C7H11N3S/c8-7-10-6-5(11-7)3-1-2-4-9-6/h5H,1-4H2,(H2,8,9,10). The van der Waals surface area contributed by atoms with Crippen LogP contribution in [0.4, 0.5) is 0 Å². The highest BCUT2D eigenvalue weighted by Gasteiger charge is 2.25. The molecule has 0 aliphatic carbocycles. The highest BCUT2D eigenvalue weighted by Crippen LogP contribution is 2.27. The number of amidine groups is 2. The molecule has 0 amide bonds. The van der Waals surface area contributed by atoms with E-state index < -0.39 is 0 Å². The van der Waals surface area contributed by atoms with Crippen molar-refractivity contribution in [2.45, 2.75) is 24.5 Å². The van der Waals surface area contributed by atoms with Crippen LogP contribution in [0.2, 0.25) is 0 Å². The fraction of sp³-hybridized carbons (Fsp3) is 0.714. The van der Waals surface area contributed by atoms with Crippen LogP contribution < -0.4 is 5.73 Å². The predicted octanol–water partition coefficient (Wildman–Crippen LogP) is 0.999. The van der Waals surface area contributed by atoms with Crippen LogP contribution in [0.15, 0.2) is 9.98 Å². The molecule has 0 aromatic rings. The zero-order valence-corrected chi connectivity index (χ0v) is 7.10. The van der Waals surface area contributed by atoms with Crippen molar-refractivity contribution >= 4 is 22.8 Å². The second kappa shape index (κ2) is 2.85. The van der Waals surface area contributed by atoms with Gasteiger partial charge in [-0.15, -0.1) is 0 Å². The summed E-state index contributed by atoms with van der Waals surface area (Å²) in [4.78, 5) is 8.54. The molecule has 2 aliphatic heterocycles. The van der Waals surface area contributed by atoms with Crippen LogP contribution in [0.25, 0.3) is 0 Å². The van der Waals surface area contributed by atoms with E-state index in [2.05, 4.69) is 9.98 Å². The van der Waals surface area contributed by atoms with Gasteiger partial charge in [0.25, 0.3) is 0 Å². The van der Waals surface area contributed by atoms with Gasteiger partial charge in [-0.1, -0.05) is 18.2 Å². The molecule has 4 heteroatoms. The Morgan fingerprint density at radius 3 is 3.27 bits per heavy atom. The maximum atomic E-state index is 5.58. The number of rotatable bonds is 0. The molecule has 2 aliphatic rings. The van der Waals surface area contributed by atoms with E-state index >= 15 is 0 Å². The van der Waals surface area contributed by atoms with E-state index in [0.717, 1.165) is 12.4 Å². The number of aliphatic imine (C=N–C) groups is 2. The Morgan fingerprint density at radius 2 is 2.36 bits per heavy atom. The molecule has 0 aromatic heterocycles. The van der Waals surface area contributed by atoms with Crippen molar-refractivity contribution in [2.75, 3.05) is 6.54 Å². The Bertz CT molecular complexity index is 222. The van der Waals surface area contributed by atoms with Crippen LogP contribution in [0.1, 0.15) is 19.3 Å². The van der Waals surface area contributed by atoms with Crippen LogP contribution in [-0.2, 0) is 0 Å². The molecule has 0 saturated heterocycles. The maximum absolute atomic E-state index is 5.58. The van der Waals surface area contributed by atoms with E-state index in [1.807, 2.05) is 0 Å². The first-order chi connectivity index (χ1) is 5.36. The Morgan fingerprint density at radius 1 is 1.45 bits per heavy atom. The van der Waals surface area contributed by atoms with E-state index in [1.165, 1.54) is 19.3 Å². The molecule has 1 atom stereocenters. The predicted molar refractivity (Wildman–Crippen MR) is 49.2 cm³/mol. The fourth-order valence-corrected chi connectivity index (χ4v) is 2.32. The second-order valence-corrected chi connectivity index (χ2v) is 4.02. The largest absolute Gasteiger partial charge is 0.378 e. The lowest BCUT2D eigenvalue weighted by atomic mass is 10.2. The zero-order valence-electron chi connectivity index (χ0n) is 6.29. The van der Waals surface area contributed by atoms with Gasteiger partial charge < -0.3 is 5.73 Å². The minimum atomic E-state index is 0.470. The number of fused-ring (bicyclic) bond motifs is 1. The van der Waals surface area contributed by atoms with Crippen molar-refractivity contribution in [3.8, 4) is 0 Å². The zero-order chi connectivity index (χ0) is 7.68. The molecule has 0 saturated carbocycles. The molecule has 2 rings (SSSR count). The molecule has 3 nitrogen and oxygen atoms in total. The third kappa shape index (κ3) is 1.40. The van der Waals surface area contributed by atoms with Gasteiger partial charge >= 0.3 is 0 Å². The van der Waals surface area contributed by atoms with Gasteiger partial charge in [0.15, 0.2) is 5.17 Å². The van der Waals surface area contributed by atoms with Gasteiger partial charge in [-0.2, -0.15) is 0 Å². The summed E-state index contributed by atoms with van der Waals surface area (Å²) < 4.78 is 0. The van der Waals surface area contributed by atoms with Crippen molar-refractivity contribution in [2.24, 2.45) is 15.7 Å². The number of thioether (sulfide) groups is 1. The lowest BCUT2D eigenvalue weighted by molar-refractivity contribution is 0.737. The summed E-state index contributed by atoms with van der Waals surface area (Å²) in [6.45, 7) is 0.934. The first kappa shape index (κ1) is 7.16. The third-order valence-corrected chi connectivity index (χ3v) is 2.99. The van der Waals surface area contributed by atoms with E-state index in [-0.39, 0.29) is 0 Å². The number of hydrogen-bond donors (Lipinski definition) is 1. The van der Waals surface area contributed by atoms with Crippen LogP contribution in [0.3, 0.4) is 0 Å². The molecule has 11 heavy (non-hydrogen) atoms. The van der Waals surface area contributed by atoms with Gasteiger partial charge in [-0.3, -0.25) is 4.99 Å². The number of hydrogen-bond acceptors (Lipinski definition) is 4. The maximum Gasteiger partial charge on any atom is 0.161 e. The molecule has 0 aromatic carbocycles. The smallest absolute Gasteiger partial charge is 0.161 e. The fourth-order valence-electron chi connectivity index (χ4n) is 1.37. The van der Waals surface area contributed by atoms with E-state index in [9.17, 15) is 0 Å². The SMILES string of the molecule is NC1=NC2=NCCCCC2S1. The number of nitrogens with zero attached hydrogens (tertiary/aromatic N) is 2.